The molecule has 0 heterocycles. The van der Waals surface area contributed by atoms with Crippen LogP contribution in [0.1, 0.15) is 12.5 Å². The van der Waals surface area contributed by atoms with E-state index < -0.39 is 36.8 Å². The number of amides is 2. The summed E-state index contributed by atoms with van der Waals surface area (Å²) in [6.07, 6.45) is 3.54. The van der Waals surface area contributed by atoms with E-state index in [-0.39, 0.29) is 15.7 Å². The summed E-state index contributed by atoms with van der Waals surface area (Å²) in [7, 11) is 0. The zero-order chi connectivity index (χ0) is 25.3. The summed E-state index contributed by atoms with van der Waals surface area (Å²) in [6.45, 7) is 4.32. The fraction of sp³-hybridized carbons (Fsp3) is 0.167. The predicted molar refractivity (Wildman–Crippen MR) is 130 cm³/mol. The Morgan fingerprint density at radius 1 is 0.971 bits per heavy atom. The van der Waals surface area contributed by atoms with Crippen molar-refractivity contribution in [2.24, 2.45) is 0 Å². The number of rotatable bonds is 10. The number of aryl methyl sites for hydroxylation is 1. The Morgan fingerprint density at radius 3 is 2.26 bits per heavy atom. The fourth-order valence-corrected chi connectivity index (χ4v) is 3.15. The van der Waals surface area contributed by atoms with Crippen molar-refractivity contribution >= 4 is 58.3 Å². The first kappa shape index (κ1) is 26.6. The van der Waals surface area contributed by atoms with Gasteiger partial charge >= 0.3 is 11.9 Å². The first-order valence-electron chi connectivity index (χ1n) is 10.0. The molecule has 2 aromatic rings. The zero-order valence-electron chi connectivity index (χ0n) is 18.2. The number of hydrogen-bond donors (Lipinski definition) is 1. The lowest BCUT2D eigenvalue weighted by Gasteiger charge is -2.21. The zero-order valence-corrected chi connectivity index (χ0v) is 19.8. The quantitative estimate of drug-likeness (QED) is 0.294. The van der Waals surface area contributed by atoms with E-state index in [2.05, 4.69) is 6.58 Å². The van der Waals surface area contributed by atoms with Crippen molar-refractivity contribution in [3.8, 4) is 0 Å². The maximum Gasteiger partial charge on any atom is 0.330 e. The second kappa shape index (κ2) is 12.6. The Hall–Kier alpha value is -3.62. The Labute approximate surface area is 206 Å². The average molecular weight is 505 g/mol. The van der Waals surface area contributed by atoms with Gasteiger partial charge in [-0.15, -0.1) is 0 Å². The smallest absolute Gasteiger partial charge is 0.330 e. The number of hydrogen-bond acceptors (Lipinski definition) is 5. The number of carbonyl (C=O) groups excluding carboxylic acids is 3. The van der Waals surface area contributed by atoms with Gasteiger partial charge in [0.05, 0.1) is 16.3 Å². The number of carboxylic acids is 1. The fourth-order valence-electron chi connectivity index (χ4n) is 2.86. The Balaban J connectivity index is 2.12. The highest BCUT2D eigenvalue weighted by Crippen LogP contribution is 2.27. The molecule has 0 saturated heterocycles. The number of aliphatic carboxylic acids is 1. The van der Waals surface area contributed by atoms with E-state index in [1.54, 1.807) is 18.2 Å². The second-order valence-corrected chi connectivity index (χ2v) is 7.68. The van der Waals surface area contributed by atoms with Crippen molar-refractivity contribution in [2.75, 3.05) is 22.9 Å². The maximum atomic E-state index is 12.6. The van der Waals surface area contributed by atoms with Gasteiger partial charge in [0, 0.05) is 17.5 Å². The predicted octanol–water partition coefficient (Wildman–Crippen LogP) is 4.25. The summed E-state index contributed by atoms with van der Waals surface area (Å²) >= 11 is 11.8. The molecule has 0 aliphatic carbocycles. The molecule has 0 aliphatic rings. The van der Waals surface area contributed by atoms with E-state index >= 15 is 0 Å². The van der Waals surface area contributed by atoms with Crippen LogP contribution in [0.25, 0.3) is 0 Å². The van der Waals surface area contributed by atoms with E-state index in [0.29, 0.717) is 5.69 Å². The standard InChI is InChI=1S/C24H22Cl2N2O6/c1-3-16-6-5-7-17(12-16)28(21(29)4-2)15-24(33)34-11-10-22(30)27(14-23(31)32)18-8-9-19(25)20(26)13-18/h4-13H,2-3,14-15H2,1H3,(H,31,32)/b11-10+. The molecule has 0 fully saturated rings. The van der Waals surface area contributed by atoms with Gasteiger partial charge in [-0.1, -0.05) is 48.8 Å². The number of nitrogens with zero attached hydrogens (tertiary/aromatic N) is 2. The van der Waals surface area contributed by atoms with E-state index in [0.717, 1.165) is 35.3 Å². The highest BCUT2D eigenvalue weighted by atomic mass is 35.5. The Kier molecular flexibility index (Phi) is 9.85. The number of carbonyl (C=O) groups is 4. The lowest BCUT2D eigenvalue weighted by Crippen LogP contribution is -2.35. The van der Waals surface area contributed by atoms with Gasteiger partial charge in [0.15, 0.2) is 0 Å². The molecule has 0 saturated carbocycles. The van der Waals surface area contributed by atoms with Gasteiger partial charge in [-0.05, 0) is 48.4 Å². The molecule has 2 aromatic carbocycles. The number of anilines is 2. The minimum absolute atomic E-state index is 0.136. The Bertz CT molecular complexity index is 1130. The van der Waals surface area contributed by atoms with Crippen LogP contribution in [-0.4, -0.2) is 41.9 Å². The molecule has 178 valence electrons. The summed E-state index contributed by atoms with van der Waals surface area (Å²) in [5.41, 5.74) is 1.66. The third-order valence-electron chi connectivity index (χ3n) is 4.54. The van der Waals surface area contributed by atoms with Gasteiger partial charge in [-0.3, -0.25) is 24.2 Å². The summed E-state index contributed by atoms with van der Waals surface area (Å²) in [5.74, 6) is -3.36. The maximum absolute atomic E-state index is 12.6. The number of ether oxygens (including phenoxy) is 1. The molecule has 0 radical (unpaired) electrons. The van der Waals surface area contributed by atoms with Crippen LogP contribution in [0.2, 0.25) is 10.0 Å². The van der Waals surface area contributed by atoms with Crippen molar-refractivity contribution in [2.45, 2.75) is 13.3 Å². The number of benzene rings is 2. The van der Waals surface area contributed by atoms with Crippen LogP contribution in [0.15, 0.2) is 67.5 Å². The largest absolute Gasteiger partial charge is 0.480 e. The van der Waals surface area contributed by atoms with E-state index in [9.17, 15) is 19.2 Å². The molecule has 8 nitrogen and oxygen atoms in total. The van der Waals surface area contributed by atoms with Crippen molar-refractivity contribution in [1.29, 1.82) is 0 Å². The second-order valence-electron chi connectivity index (χ2n) is 6.86. The van der Waals surface area contributed by atoms with E-state index in [1.165, 1.54) is 23.1 Å². The van der Waals surface area contributed by atoms with Crippen LogP contribution in [0.3, 0.4) is 0 Å². The lowest BCUT2D eigenvalue weighted by molar-refractivity contribution is -0.138. The molecule has 2 amide bonds. The molecule has 0 aromatic heterocycles. The topological polar surface area (TPSA) is 104 Å². The van der Waals surface area contributed by atoms with Crippen LogP contribution < -0.4 is 9.80 Å². The molecule has 1 N–H and O–H groups in total. The van der Waals surface area contributed by atoms with Crippen LogP contribution in [0.5, 0.6) is 0 Å². The lowest BCUT2D eigenvalue weighted by atomic mass is 10.1. The first-order valence-corrected chi connectivity index (χ1v) is 10.8. The third-order valence-corrected chi connectivity index (χ3v) is 5.28. The van der Waals surface area contributed by atoms with Gasteiger partial charge in [0.1, 0.15) is 13.1 Å². The third kappa shape index (κ3) is 7.47. The molecule has 0 unspecified atom stereocenters. The SMILES string of the molecule is C=CC(=O)N(CC(=O)O/C=C/C(=O)N(CC(=O)O)c1ccc(Cl)c(Cl)c1)c1cccc(CC)c1. The first-order chi connectivity index (χ1) is 16.2. The summed E-state index contributed by atoms with van der Waals surface area (Å²) in [5, 5.41) is 9.52. The normalized spacial score (nSPS) is 10.6. The molecule has 0 aliphatic heterocycles. The minimum atomic E-state index is -1.27. The van der Waals surface area contributed by atoms with Crippen molar-refractivity contribution in [3.63, 3.8) is 0 Å². The van der Waals surface area contributed by atoms with Gasteiger partial charge in [-0.2, -0.15) is 0 Å². The van der Waals surface area contributed by atoms with Crippen molar-refractivity contribution in [3.05, 3.63) is 83.1 Å². The average Bonchev–Trinajstić information content (AvgIpc) is 2.82. The van der Waals surface area contributed by atoms with Gasteiger partial charge in [0.2, 0.25) is 0 Å². The van der Waals surface area contributed by atoms with Crippen LogP contribution in [0, 0.1) is 0 Å². The molecule has 2 rings (SSSR count). The monoisotopic (exact) mass is 504 g/mol. The molecular weight excluding hydrogens is 483 g/mol. The number of esters is 1. The summed E-state index contributed by atoms with van der Waals surface area (Å²) in [6, 6.07) is 11.3. The van der Waals surface area contributed by atoms with Crippen LogP contribution in [-0.2, 0) is 30.3 Å². The number of carboxylic acid groups (broad SMARTS) is 1. The molecule has 10 heteroatoms. The highest BCUT2D eigenvalue weighted by molar-refractivity contribution is 6.42. The van der Waals surface area contributed by atoms with Crippen LogP contribution >= 0.6 is 23.2 Å². The molecule has 34 heavy (non-hydrogen) atoms. The Morgan fingerprint density at radius 2 is 1.65 bits per heavy atom. The van der Waals surface area contributed by atoms with E-state index in [1.807, 2.05) is 13.0 Å². The molecule has 0 spiro atoms. The van der Waals surface area contributed by atoms with Gasteiger partial charge in [-0.25, -0.2) is 4.79 Å². The van der Waals surface area contributed by atoms with Crippen molar-refractivity contribution in [1.82, 2.24) is 0 Å². The highest BCUT2D eigenvalue weighted by Gasteiger charge is 2.20. The van der Waals surface area contributed by atoms with Gasteiger partial charge < -0.3 is 9.84 Å². The molecule has 0 bridgehead atoms. The minimum Gasteiger partial charge on any atom is -0.480 e. The molecular formula is C24H22Cl2N2O6. The van der Waals surface area contributed by atoms with E-state index in [4.69, 9.17) is 33.0 Å². The van der Waals surface area contributed by atoms with Crippen LogP contribution in [0.4, 0.5) is 11.4 Å². The summed E-state index contributed by atoms with van der Waals surface area (Å²) in [4.78, 5) is 50.5. The summed E-state index contributed by atoms with van der Waals surface area (Å²) < 4.78 is 4.96. The molecule has 0 atom stereocenters. The number of halogens is 2. The van der Waals surface area contributed by atoms with Gasteiger partial charge in [0.25, 0.3) is 11.8 Å². The van der Waals surface area contributed by atoms with Crippen molar-refractivity contribution < 1.29 is 29.0 Å².